The maximum absolute atomic E-state index is 10.7. The lowest BCUT2D eigenvalue weighted by Crippen LogP contribution is -2.47. The molecule has 2 aromatic heterocycles. The number of rotatable bonds is 3. The van der Waals surface area contributed by atoms with Gasteiger partial charge in [0.2, 0.25) is 5.95 Å². The van der Waals surface area contributed by atoms with Gasteiger partial charge < -0.3 is 14.6 Å². The minimum Gasteiger partial charge on any atom is -0.388 e. The molecular weight excluding hydrogens is 278 g/mol. The summed E-state index contributed by atoms with van der Waals surface area (Å²) in [7, 11) is 0. The van der Waals surface area contributed by atoms with E-state index in [1.807, 2.05) is 24.6 Å². The first-order chi connectivity index (χ1) is 10.5. The number of hydrogen-bond acceptors (Lipinski definition) is 5. The molecule has 0 radical (unpaired) electrons. The fourth-order valence-electron chi connectivity index (χ4n) is 2.90. The minimum atomic E-state index is -0.675. The molecule has 1 aliphatic heterocycles. The van der Waals surface area contributed by atoms with Crippen LogP contribution in [0.15, 0.2) is 18.7 Å². The lowest BCUT2D eigenvalue weighted by atomic mass is 9.91. The molecule has 6 heteroatoms. The quantitative estimate of drug-likeness (QED) is 0.933. The van der Waals surface area contributed by atoms with E-state index in [0.29, 0.717) is 19.4 Å². The van der Waals surface area contributed by atoms with Gasteiger partial charge in [-0.3, -0.25) is 0 Å². The molecule has 1 aliphatic rings. The zero-order chi connectivity index (χ0) is 15.7. The second-order valence-electron chi connectivity index (χ2n) is 6.27. The SMILES string of the molecule is Cc1nc(N2CCC(O)(Cn3ccnc3)CC2)nc(C)c1C. The van der Waals surface area contributed by atoms with E-state index in [0.717, 1.165) is 36.0 Å². The largest absolute Gasteiger partial charge is 0.388 e. The van der Waals surface area contributed by atoms with Crippen LogP contribution < -0.4 is 4.90 Å². The van der Waals surface area contributed by atoms with Gasteiger partial charge in [-0.25, -0.2) is 15.0 Å². The van der Waals surface area contributed by atoms with Crippen molar-refractivity contribution in [3.8, 4) is 0 Å². The van der Waals surface area contributed by atoms with Gasteiger partial charge in [-0.15, -0.1) is 0 Å². The molecule has 0 amide bonds. The van der Waals surface area contributed by atoms with Crippen LogP contribution in [0.2, 0.25) is 0 Å². The second-order valence-corrected chi connectivity index (χ2v) is 6.27. The molecule has 1 saturated heterocycles. The summed E-state index contributed by atoms with van der Waals surface area (Å²) in [6.45, 7) is 8.22. The summed E-state index contributed by atoms with van der Waals surface area (Å²) in [6.07, 6.45) is 6.80. The zero-order valence-corrected chi connectivity index (χ0v) is 13.5. The molecule has 6 nitrogen and oxygen atoms in total. The van der Waals surface area contributed by atoms with Gasteiger partial charge in [-0.1, -0.05) is 0 Å². The lowest BCUT2D eigenvalue weighted by Gasteiger charge is -2.38. The summed E-state index contributed by atoms with van der Waals surface area (Å²) in [6, 6.07) is 0. The van der Waals surface area contributed by atoms with Crippen molar-refractivity contribution in [3.63, 3.8) is 0 Å². The number of anilines is 1. The van der Waals surface area contributed by atoms with Gasteiger partial charge in [-0.05, 0) is 39.2 Å². The van der Waals surface area contributed by atoms with Gasteiger partial charge in [0.05, 0.1) is 18.5 Å². The number of nitrogens with zero attached hydrogens (tertiary/aromatic N) is 5. The van der Waals surface area contributed by atoms with E-state index in [-0.39, 0.29) is 0 Å². The van der Waals surface area contributed by atoms with Crippen molar-refractivity contribution in [1.82, 2.24) is 19.5 Å². The number of aromatic nitrogens is 4. The lowest BCUT2D eigenvalue weighted by molar-refractivity contribution is -0.000298. The van der Waals surface area contributed by atoms with Crippen LogP contribution in [-0.4, -0.2) is 43.3 Å². The van der Waals surface area contributed by atoms with E-state index >= 15 is 0 Å². The zero-order valence-electron chi connectivity index (χ0n) is 13.5. The van der Waals surface area contributed by atoms with E-state index in [1.54, 1.807) is 12.5 Å². The van der Waals surface area contributed by atoms with Crippen LogP contribution in [0.3, 0.4) is 0 Å². The predicted octanol–water partition coefficient (Wildman–Crippen LogP) is 1.63. The maximum atomic E-state index is 10.7. The molecule has 0 bridgehead atoms. The van der Waals surface area contributed by atoms with Crippen LogP contribution in [-0.2, 0) is 6.54 Å². The van der Waals surface area contributed by atoms with Gasteiger partial charge >= 0.3 is 0 Å². The maximum Gasteiger partial charge on any atom is 0.225 e. The van der Waals surface area contributed by atoms with Gasteiger partial charge in [0.25, 0.3) is 0 Å². The first kappa shape index (κ1) is 15.0. The average molecular weight is 301 g/mol. The van der Waals surface area contributed by atoms with Crippen molar-refractivity contribution in [2.75, 3.05) is 18.0 Å². The van der Waals surface area contributed by atoms with Crippen LogP contribution in [0.25, 0.3) is 0 Å². The van der Waals surface area contributed by atoms with E-state index in [9.17, 15) is 5.11 Å². The Morgan fingerprint density at radius 3 is 2.32 bits per heavy atom. The number of aliphatic hydroxyl groups is 1. The van der Waals surface area contributed by atoms with Gasteiger partial charge in [0.15, 0.2) is 0 Å². The fourth-order valence-corrected chi connectivity index (χ4v) is 2.90. The molecule has 118 valence electrons. The summed E-state index contributed by atoms with van der Waals surface area (Å²) in [5.74, 6) is 0.783. The van der Waals surface area contributed by atoms with Gasteiger partial charge in [-0.2, -0.15) is 0 Å². The molecule has 3 rings (SSSR count). The molecule has 0 atom stereocenters. The third kappa shape index (κ3) is 2.97. The summed E-state index contributed by atoms with van der Waals surface area (Å²) >= 11 is 0. The van der Waals surface area contributed by atoms with E-state index in [2.05, 4.69) is 26.8 Å². The molecular formula is C16H23N5O. The Labute approximate surface area is 130 Å². The molecule has 0 saturated carbocycles. The summed E-state index contributed by atoms with van der Waals surface area (Å²) in [4.78, 5) is 15.4. The first-order valence-electron chi connectivity index (χ1n) is 7.72. The molecule has 0 aromatic carbocycles. The topological polar surface area (TPSA) is 67.1 Å². The number of hydrogen-bond donors (Lipinski definition) is 1. The Bertz CT molecular complexity index is 622. The van der Waals surface area contributed by atoms with Crippen molar-refractivity contribution in [2.24, 2.45) is 0 Å². The molecule has 1 fully saturated rings. The van der Waals surface area contributed by atoms with E-state index < -0.39 is 5.60 Å². The summed E-state index contributed by atoms with van der Waals surface area (Å²) in [5, 5.41) is 10.7. The second kappa shape index (κ2) is 5.68. The van der Waals surface area contributed by atoms with Crippen molar-refractivity contribution < 1.29 is 5.11 Å². The highest BCUT2D eigenvalue weighted by atomic mass is 16.3. The number of piperidine rings is 1. The van der Waals surface area contributed by atoms with Gasteiger partial charge in [0.1, 0.15) is 0 Å². The average Bonchev–Trinajstić information content (AvgIpc) is 2.97. The third-order valence-electron chi connectivity index (χ3n) is 4.63. The Hall–Kier alpha value is -1.95. The highest BCUT2D eigenvalue weighted by Crippen LogP contribution is 2.26. The Morgan fingerprint density at radius 2 is 1.77 bits per heavy atom. The van der Waals surface area contributed by atoms with E-state index in [4.69, 9.17) is 0 Å². The van der Waals surface area contributed by atoms with E-state index in [1.165, 1.54) is 0 Å². The van der Waals surface area contributed by atoms with Crippen LogP contribution >= 0.6 is 0 Å². The molecule has 0 spiro atoms. The molecule has 1 N–H and O–H groups in total. The van der Waals surface area contributed by atoms with Crippen molar-refractivity contribution in [1.29, 1.82) is 0 Å². The number of imidazole rings is 1. The Balaban J connectivity index is 1.69. The minimum absolute atomic E-state index is 0.591. The first-order valence-corrected chi connectivity index (χ1v) is 7.72. The molecule has 2 aromatic rings. The predicted molar refractivity (Wildman–Crippen MR) is 84.9 cm³/mol. The van der Waals surface area contributed by atoms with Crippen molar-refractivity contribution >= 4 is 5.95 Å². The third-order valence-corrected chi connectivity index (χ3v) is 4.63. The Kier molecular flexibility index (Phi) is 3.87. The highest BCUT2D eigenvalue weighted by Gasteiger charge is 2.33. The molecule has 0 aliphatic carbocycles. The molecule has 22 heavy (non-hydrogen) atoms. The number of aryl methyl sites for hydroxylation is 2. The highest BCUT2D eigenvalue weighted by molar-refractivity contribution is 5.36. The van der Waals surface area contributed by atoms with Crippen LogP contribution in [0, 0.1) is 20.8 Å². The van der Waals surface area contributed by atoms with Crippen molar-refractivity contribution in [2.45, 2.75) is 45.8 Å². The smallest absolute Gasteiger partial charge is 0.225 e. The van der Waals surface area contributed by atoms with Gasteiger partial charge in [0, 0.05) is 36.9 Å². The monoisotopic (exact) mass is 301 g/mol. The summed E-state index contributed by atoms with van der Waals surface area (Å²) < 4.78 is 1.94. The van der Waals surface area contributed by atoms with Crippen LogP contribution in [0.4, 0.5) is 5.95 Å². The molecule has 0 unspecified atom stereocenters. The van der Waals surface area contributed by atoms with Crippen molar-refractivity contribution in [3.05, 3.63) is 35.7 Å². The van der Waals surface area contributed by atoms with Crippen LogP contribution in [0.5, 0.6) is 0 Å². The molecule has 3 heterocycles. The normalized spacial score (nSPS) is 17.7. The fraction of sp³-hybridized carbons (Fsp3) is 0.562. The van der Waals surface area contributed by atoms with Crippen LogP contribution in [0.1, 0.15) is 29.8 Å². The standard InChI is InChI=1S/C16H23N5O/c1-12-13(2)18-15(19-14(12)3)21-7-4-16(22,5-8-21)10-20-9-6-17-11-20/h6,9,11,22H,4-5,7-8,10H2,1-3H3. The summed E-state index contributed by atoms with van der Waals surface area (Å²) in [5.41, 5.74) is 2.53. The Morgan fingerprint density at radius 1 is 1.14 bits per heavy atom.